The lowest BCUT2D eigenvalue weighted by Crippen LogP contribution is -2.35. The zero-order chi connectivity index (χ0) is 13.7. The zero-order valence-corrected chi connectivity index (χ0v) is 11.1. The van der Waals surface area contributed by atoms with E-state index >= 15 is 0 Å². The number of nitrogens with zero attached hydrogens (tertiary/aromatic N) is 1. The van der Waals surface area contributed by atoms with Gasteiger partial charge in [0.15, 0.2) is 6.61 Å². The summed E-state index contributed by atoms with van der Waals surface area (Å²) >= 11 is 3.09. The molecule has 1 aromatic rings. The van der Waals surface area contributed by atoms with Crippen LogP contribution in [0.3, 0.4) is 0 Å². The Bertz CT molecular complexity index is 466. The lowest BCUT2D eigenvalue weighted by atomic mass is 10.3. The van der Waals surface area contributed by atoms with E-state index in [0.29, 0.717) is 10.2 Å². The molecule has 1 rings (SSSR count). The normalized spacial score (nSPS) is 9.94. The maximum Gasteiger partial charge on any atom is 0.323 e. The quantitative estimate of drug-likeness (QED) is 0.893. The largest absolute Gasteiger partial charge is 0.483 e. The molecule has 0 spiro atoms. The van der Waals surface area contributed by atoms with E-state index in [1.54, 1.807) is 0 Å². The minimum absolute atomic E-state index is 0.311. The number of hydrogen-bond donors (Lipinski definition) is 1. The molecule has 0 fully saturated rings. The third-order valence-electron chi connectivity index (χ3n) is 2.04. The summed E-state index contributed by atoms with van der Waals surface area (Å²) in [6.45, 7) is -0.708. The number of likely N-dealkylation sites (N-methyl/N-ethyl adjacent to an activating group) is 1. The molecule has 0 saturated carbocycles. The van der Waals surface area contributed by atoms with Crippen LogP contribution in [-0.4, -0.2) is 42.1 Å². The predicted molar refractivity (Wildman–Crippen MR) is 64.9 cm³/mol. The van der Waals surface area contributed by atoms with Gasteiger partial charge in [0.1, 0.15) is 18.1 Å². The molecule has 5 nitrogen and oxygen atoms in total. The Hall–Kier alpha value is -1.63. The molecule has 0 aliphatic carbocycles. The molecule has 0 aliphatic rings. The average molecular weight is 320 g/mol. The maximum absolute atomic E-state index is 12.8. The van der Waals surface area contributed by atoms with Gasteiger partial charge in [0.25, 0.3) is 5.91 Å². The SMILES string of the molecule is CN(CC(=O)O)C(=O)COc1ccc(F)cc1Br. The van der Waals surface area contributed by atoms with Crippen LogP contribution >= 0.6 is 15.9 Å². The number of carbonyl (C=O) groups is 2. The van der Waals surface area contributed by atoms with Crippen molar-refractivity contribution in [3.8, 4) is 5.75 Å². The molecule has 0 saturated heterocycles. The fraction of sp³-hybridized carbons (Fsp3) is 0.273. The van der Waals surface area contributed by atoms with Gasteiger partial charge in [-0.25, -0.2) is 4.39 Å². The van der Waals surface area contributed by atoms with Crippen molar-refractivity contribution < 1.29 is 23.8 Å². The van der Waals surface area contributed by atoms with Crippen molar-refractivity contribution in [2.45, 2.75) is 0 Å². The van der Waals surface area contributed by atoms with Crippen molar-refractivity contribution in [2.24, 2.45) is 0 Å². The highest BCUT2D eigenvalue weighted by Crippen LogP contribution is 2.25. The van der Waals surface area contributed by atoms with Crippen LogP contribution in [0.2, 0.25) is 0 Å². The van der Waals surface area contributed by atoms with Gasteiger partial charge in [-0.2, -0.15) is 0 Å². The molecule has 0 radical (unpaired) electrons. The van der Waals surface area contributed by atoms with Crippen LogP contribution in [0.15, 0.2) is 22.7 Å². The average Bonchev–Trinajstić information content (AvgIpc) is 2.26. The summed E-state index contributed by atoms with van der Waals surface area (Å²) in [4.78, 5) is 22.9. The lowest BCUT2D eigenvalue weighted by Gasteiger charge is -2.15. The standard InChI is InChI=1S/C11H11BrFNO4/c1-14(5-11(16)17)10(15)6-18-9-3-2-7(13)4-8(9)12/h2-4H,5-6H2,1H3,(H,16,17). The Kier molecular flexibility index (Phi) is 5.08. The summed E-state index contributed by atoms with van der Waals surface area (Å²) < 4.78 is 18.3. The highest BCUT2D eigenvalue weighted by molar-refractivity contribution is 9.10. The van der Waals surface area contributed by atoms with Gasteiger partial charge in [-0.05, 0) is 34.1 Å². The monoisotopic (exact) mass is 319 g/mol. The van der Waals surface area contributed by atoms with E-state index in [4.69, 9.17) is 9.84 Å². The van der Waals surface area contributed by atoms with Gasteiger partial charge >= 0.3 is 5.97 Å². The van der Waals surface area contributed by atoms with E-state index in [1.807, 2.05) is 0 Å². The molecule has 0 atom stereocenters. The topological polar surface area (TPSA) is 66.8 Å². The second kappa shape index (κ2) is 6.34. The Morgan fingerprint density at radius 3 is 2.72 bits per heavy atom. The summed E-state index contributed by atoms with van der Waals surface area (Å²) in [7, 11) is 1.36. The molecule has 98 valence electrons. The molecule has 7 heteroatoms. The highest BCUT2D eigenvalue weighted by atomic mass is 79.9. The van der Waals surface area contributed by atoms with Crippen molar-refractivity contribution in [3.63, 3.8) is 0 Å². The fourth-order valence-electron chi connectivity index (χ4n) is 1.13. The van der Waals surface area contributed by atoms with Gasteiger partial charge in [-0.15, -0.1) is 0 Å². The third kappa shape index (κ3) is 4.33. The van der Waals surface area contributed by atoms with Crippen LogP contribution in [0, 0.1) is 5.82 Å². The first-order valence-corrected chi connectivity index (χ1v) is 5.73. The van der Waals surface area contributed by atoms with Crippen molar-refractivity contribution in [1.29, 1.82) is 0 Å². The summed E-state index contributed by atoms with van der Waals surface area (Å²) in [6, 6.07) is 3.79. The number of carboxylic acids is 1. The van der Waals surface area contributed by atoms with Gasteiger partial charge in [0, 0.05) is 7.05 Å². The van der Waals surface area contributed by atoms with Gasteiger partial charge in [-0.3, -0.25) is 9.59 Å². The number of carbonyl (C=O) groups excluding carboxylic acids is 1. The molecule has 0 aliphatic heterocycles. The first-order valence-electron chi connectivity index (χ1n) is 4.93. The third-order valence-corrected chi connectivity index (χ3v) is 2.66. The number of ether oxygens (including phenoxy) is 1. The summed E-state index contributed by atoms with van der Waals surface area (Å²) in [5.41, 5.74) is 0. The second-order valence-corrected chi connectivity index (χ2v) is 4.36. The van der Waals surface area contributed by atoms with Crippen LogP contribution in [0.1, 0.15) is 0 Å². The molecular formula is C11H11BrFNO4. The van der Waals surface area contributed by atoms with Crippen LogP contribution in [0.5, 0.6) is 5.75 Å². The van der Waals surface area contributed by atoms with Gasteiger partial charge in [0.05, 0.1) is 4.47 Å². The molecule has 0 unspecified atom stereocenters. The first kappa shape index (κ1) is 14.4. The molecule has 18 heavy (non-hydrogen) atoms. The zero-order valence-electron chi connectivity index (χ0n) is 9.52. The van der Waals surface area contributed by atoms with E-state index in [-0.39, 0.29) is 6.61 Å². The minimum atomic E-state index is -1.10. The fourth-order valence-corrected chi connectivity index (χ4v) is 1.60. The van der Waals surface area contributed by atoms with Crippen LogP contribution < -0.4 is 4.74 Å². The Morgan fingerprint density at radius 1 is 1.50 bits per heavy atom. The predicted octanol–water partition coefficient (Wildman–Crippen LogP) is 1.51. The summed E-state index contributed by atoms with van der Waals surface area (Å²) in [5.74, 6) is -1.69. The Balaban J connectivity index is 2.54. The first-order chi connectivity index (χ1) is 8.40. The van der Waals surface area contributed by atoms with Gasteiger partial charge in [-0.1, -0.05) is 0 Å². The van der Waals surface area contributed by atoms with Crippen molar-refractivity contribution in [2.75, 3.05) is 20.2 Å². The Morgan fingerprint density at radius 2 is 2.17 bits per heavy atom. The molecule has 1 amide bonds. The number of rotatable bonds is 5. The van der Waals surface area contributed by atoms with Crippen molar-refractivity contribution >= 4 is 27.8 Å². The smallest absolute Gasteiger partial charge is 0.323 e. The van der Waals surface area contributed by atoms with E-state index in [9.17, 15) is 14.0 Å². The summed E-state index contributed by atoms with van der Waals surface area (Å²) in [5, 5.41) is 8.51. The molecule has 1 aromatic carbocycles. The van der Waals surface area contributed by atoms with Gasteiger partial charge in [0.2, 0.25) is 0 Å². The van der Waals surface area contributed by atoms with Crippen molar-refractivity contribution in [3.05, 3.63) is 28.5 Å². The van der Waals surface area contributed by atoms with E-state index in [0.717, 1.165) is 4.90 Å². The molecule has 0 aromatic heterocycles. The van der Waals surface area contributed by atoms with Crippen LogP contribution in [0.4, 0.5) is 4.39 Å². The molecule has 0 bridgehead atoms. The molecular weight excluding hydrogens is 309 g/mol. The van der Waals surface area contributed by atoms with Crippen LogP contribution in [0.25, 0.3) is 0 Å². The number of amides is 1. The summed E-state index contributed by atoms with van der Waals surface area (Å²) in [6.07, 6.45) is 0. The van der Waals surface area contributed by atoms with E-state index in [1.165, 1.54) is 25.2 Å². The number of benzene rings is 1. The second-order valence-electron chi connectivity index (χ2n) is 3.51. The molecule has 1 N–H and O–H groups in total. The Labute approximate surface area is 111 Å². The maximum atomic E-state index is 12.8. The number of hydrogen-bond acceptors (Lipinski definition) is 3. The number of halogens is 2. The number of aliphatic carboxylic acids is 1. The molecule has 0 heterocycles. The lowest BCUT2D eigenvalue weighted by molar-refractivity contribution is -0.144. The highest BCUT2D eigenvalue weighted by Gasteiger charge is 2.13. The van der Waals surface area contributed by atoms with Crippen molar-refractivity contribution in [1.82, 2.24) is 4.90 Å². The van der Waals surface area contributed by atoms with Crippen LogP contribution in [-0.2, 0) is 9.59 Å². The van der Waals surface area contributed by atoms with Gasteiger partial charge < -0.3 is 14.7 Å². The van der Waals surface area contributed by atoms with E-state index < -0.39 is 24.2 Å². The minimum Gasteiger partial charge on any atom is -0.483 e. The number of carboxylic acid groups (broad SMARTS) is 1. The van der Waals surface area contributed by atoms with E-state index in [2.05, 4.69) is 15.9 Å².